The number of carbonyl (C=O) groups is 2. The number of ether oxygens (including phenoxy) is 1. The number of thiophene rings is 1. The quantitative estimate of drug-likeness (QED) is 0.674. The van der Waals surface area contributed by atoms with Gasteiger partial charge >= 0.3 is 5.97 Å². The number of anilines is 1. The maximum atomic E-state index is 12.5. The third-order valence-corrected chi connectivity index (χ3v) is 8.11. The molecule has 1 saturated heterocycles. The zero-order chi connectivity index (χ0) is 20.9. The molecule has 0 spiro atoms. The molecular weight excluding hydrogens is 412 g/mol. The van der Waals surface area contributed by atoms with Crippen LogP contribution in [0.25, 0.3) is 0 Å². The normalized spacial score (nSPS) is 15.8. The van der Waals surface area contributed by atoms with E-state index >= 15 is 0 Å². The van der Waals surface area contributed by atoms with Crippen LogP contribution in [0.15, 0.2) is 46.0 Å². The molecule has 1 aliphatic rings. The lowest BCUT2D eigenvalue weighted by Gasteiger charge is -2.29. The van der Waals surface area contributed by atoms with E-state index < -0.39 is 27.8 Å². The molecule has 0 radical (unpaired) electrons. The van der Waals surface area contributed by atoms with E-state index in [1.807, 2.05) is 25.1 Å². The minimum atomic E-state index is -3.50. The molecule has 1 fully saturated rings. The molecule has 0 unspecified atom stereocenters. The van der Waals surface area contributed by atoms with Crippen molar-refractivity contribution in [2.75, 3.05) is 25.0 Å². The van der Waals surface area contributed by atoms with Crippen molar-refractivity contribution in [3.8, 4) is 0 Å². The average Bonchev–Trinajstić information content (AvgIpc) is 3.28. The van der Waals surface area contributed by atoms with E-state index in [2.05, 4.69) is 5.32 Å². The number of sulfonamides is 1. The number of hydrogen-bond acceptors (Lipinski definition) is 6. The summed E-state index contributed by atoms with van der Waals surface area (Å²) < 4.78 is 31.9. The Labute approximate surface area is 174 Å². The average molecular weight is 437 g/mol. The molecule has 29 heavy (non-hydrogen) atoms. The lowest BCUT2D eigenvalue weighted by Crippen LogP contribution is -2.40. The molecular formula is C20H24N2O5S2. The van der Waals surface area contributed by atoms with E-state index in [1.54, 1.807) is 23.6 Å². The SMILES string of the molecule is CCc1cccc(NC(=O)COC(=O)C2CCN(S(=O)(=O)c3cccs3)CC2)c1. The van der Waals surface area contributed by atoms with Crippen LogP contribution >= 0.6 is 11.3 Å². The standard InChI is InChI=1S/C20H24N2O5S2/c1-2-15-5-3-6-17(13-15)21-18(23)14-27-20(24)16-8-10-22(11-9-16)29(25,26)19-7-4-12-28-19/h3-7,12-13,16H,2,8-11,14H2,1H3,(H,21,23). The Hall–Kier alpha value is -2.23. The van der Waals surface area contributed by atoms with Gasteiger partial charge in [0.2, 0.25) is 0 Å². The van der Waals surface area contributed by atoms with Gasteiger partial charge in [-0.15, -0.1) is 11.3 Å². The number of amides is 1. The van der Waals surface area contributed by atoms with Gasteiger partial charge in [-0.1, -0.05) is 25.1 Å². The Morgan fingerprint density at radius 3 is 2.62 bits per heavy atom. The van der Waals surface area contributed by atoms with Crippen LogP contribution in [0.2, 0.25) is 0 Å². The third-order valence-electron chi connectivity index (χ3n) is 4.84. The van der Waals surface area contributed by atoms with E-state index in [4.69, 9.17) is 4.74 Å². The molecule has 1 amide bonds. The molecule has 0 bridgehead atoms. The van der Waals surface area contributed by atoms with E-state index in [1.165, 1.54) is 15.6 Å². The highest BCUT2D eigenvalue weighted by molar-refractivity contribution is 7.91. The molecule has 2 aromatic rings. The van der Waals surface area contributed by atoms with Gasteiger partial charge in [0, 0.05) is 18.8 Å². The summed E-state index contributed by atoms with van der Waals surface area (Å²) in [6.07, 6.45) is 1.62. The Morgan fingerprint density at radius 1 is 1.21 bits per heavy atom. The van der Waals surface area contributed by atoms with Crippen molar-refractivity contribution in [2.45, 2.75) is 30.4 Å². The van der Waals surface area contributed by atoms with Gasteiger partial charge in [-0.25, -0.2) is 8.42 Å². The number of aryl methyl sites for hydroxylation is 1. The number of piperidine rings is 1. The van der Waals surface area contributed by atoms with Gasteiger partial charge in [-0.3, -0.25) is 9.59 Å². The number of benzene rings is 1. The Kier molecular flexibility index (Phi) is 7.05. The first-order chi connectivity index (χ1) is 13.9. The minimum Gasteiger partial charge on any atom is -0.455 e. The second kappa shape index (κ2) is 9.51. The largest absolute Gasteiger partial charge is 0.455 e. The lowest BCUT2D eigenvalue weighted by atomic mass is 9.98. The van der Waals surface area contributed by atoms with Crippen molar-refractivity contribution < 1.29 is 22.7 Å². The topological polar surface area (TPSA) is 92.8 Å². The van der Waals surface area contributed by atoms with E-state index in [-0.39, 0.29) is 19.7 Å². The zero-order valence-corrected chi connectivity index (χ0v) is 17.8. The molecule has 3 rings (SSSR count). The number of nitrogens with zero attached hydrogens (tertiary/aromatic N) is 1. The van der Waals surface area contributed by atoms with E-state index in [0.29, 0.717) is 22.7 Å². The van der Waals surface area contributed by atoms with Gasteiger partial charge in [-0.05, 0) is 48.4 Å². The molecule has 1 aromatic carbocycles. The van der Waals surface area contributed by atoms with E-state index in [0.717, 1.165) is 12.0 Å². The van der Waals surface area contributed by atoms with Crippen LogP contribution < -0.4 is 5.32 Å². The fourth-order valence-corrected chi connectivity index (χ4v) is 5.80. The molecule has 0 atom stereocenters. The molecule has 2 heterocycles. The van der Waals surface area contributed by atoms with Crippen LogP contribution in [-0.4, -0.2) is 44.3 Å². The van der Waals surface area contributed by atoms with Gasteiger partial charge in [0.25, 0.3) is 15.9 Å². The van der Waals surface area contributed by atoms with Crippen LogP contribution in [0.3, 0.4) is 0 Å². The maximum absolute atomic E-state index is 12.5. The highest BCUT2D eigenvalue weighted by Gasteiger charge is 2.33. The maximum Gasteiger partial charge on any atom is 0.309 e. The predicted molar refractivity (Wildman–Crippen MR) is 111 cm³/mol. The zero-order valence-electron chi connectivity index (χ0n) is 16.2. The van der Waals surface area contributed by atoms with Gasteiger partial charge in [0.05, 0.1) is 5.92 Å². The number of carbonyl (C=O) groups excluding carboxylic acids is 2. The molecule has 156 valence electrons. The molecule has 0 saturated carbocycles. The first kappa shape index (κ1) is 21.5. The summed E-state index contributed by atoms with van der Waals surface area (Å²) >= 11 is 1.18. The monoisotopic (exact) mass is 436 g/mol. The highest BCUT2D eigenvalue weighted by atomic mass is 32.2. The second-order valence-electron chi connectivity index (χ2n) is 6.82. The van der Waals surface area contributed by atoms with Crippen LogP contribution in [0, 0.1) is 5.92 Å². The third kappa shape index (κ3) is 5.43. The fourth-order valence-electron chi connectivity index (χ4n) is 3.19. The van der Waals surface area contributed by atoms with Crippen molar-refractivity contribution in [2.24, 2.45) is 5.92 Å². The summed E-state index contributed by atoms with van der Waals surface area (Å²) in [5.74, 6) is -1.26. The Balaban J connectivity index is 1.45. The minimum absolute atomic E-state index is 0.260. The van der Waals surface area contributed by atoms with Crippen molar-refractivity contribution in [3.63, 3.8) is 0 Å². The Bertz CT molecular complexity index is 949. The van der Waals surface area contributed by atoms with Gasteiger partial charge in [-0.2, -0.15) is 4.31 Å². The van der Waals surface area contributed by atoms with Crippen molar-refractivity contribution in [3.05, 3.63) is 47.3 Å². The summed E-state index contributed by atoms with van der Waals surface area (Å²) in [6.45, 7) is 2.19. The predicted octanol–water partition coefficient (Wildman–Crippen LogP) is 2.89. The first-order valence-corrected chi connectivity index (χ1v) is 11.8. The summed E-state index contributed by atoms with van der Waals surface area (Å²) in [4.78, 5) is 24.3. The second-order valence-corrected chi connectivity index (χ2v) is 9.93. The Morgan fingerprint density at radius 2 is 1.97 bits per heavy atom. The molecule has 9 heteroatoms. The highest BCUT2D eigenvalue weighted by Crippen LogP contribution is 2.26. The number of rotatable bonds is 7. The smallest absolute Gasteiger partial charge is 0.309 e. The first-order valence-electron chi connectivity index (χ1n) is 9.49. The molecule has 0 aliphatic carbocycles. The van der Waals surface area contributed by atoms with Crippen LogP contribution in [-0.2, 0) is 30.8 Å². The van der Waals surface area contributed by atoms with Gasteiger partial charge < -0.3 is 10.1 Å². The lowest BCUT2D eigenvalue weighted by molar-refractivity contribution is -0.152. The summed E-state index contributed by atoms with van der Waals surface area (Å²) in [5, 5.41) is 4.44. The van der Waals surface area contributed by atoms with Gasteiger partial charge in [0.1, 0.15) is 4.21 Å². The molecule has 1 aromatic heterocycles. The fraction of sp³-hybridized carbons (Fsp3) is 0.400. The summed E-state index contributed by atoms with van der Waals surface area (Å²) in [5.41, 5.74) is 1.77. The number of hydrogen-bond donors (Lipinski definition) is 1. The van der Waals surface area contributed by atoms with Crippen molar-refractivity contribution in [1.82, 2.24) is 4.31 Å². The van der Waals surface area contributed by atoms with Crippen LogP contribution in [0.4, 0.5) is 5.69 Å². The molecule has 7 nitrogen and oxygen atoms in total. The van der Waals surface area contributed by atoms with E-state index in [9.17, 15) is 18.0 Å². The summed E-state index contributed by atoms with van der Waals surface area (Å²) in [6, 6.07) is 10.8. The van der Waals surface area contributed by atoms with Crippen molar-refractivity contribution in [1.29, 1.82) is 0 Å². The van der Waals surface area contributed by atoms with Gasteiger partial charge in [0.15, 0.2) is 6.61 Å². The summed E-state index contributed by atoms with van der Waals surface area (Å²) in [7, 11) is -3.50. The van der Waals surface area contributed by atoms with Crippen molar-refractivity contribution >= 4 is 38.9 Å². The molecule has 1 aliphatic heterocycles. The van der Waals surface area contributed by atoms with Crippen LogP contribution in [0.5, 0.6) is 0 Å². The van der Waals surface area contributed by atoms with Crippen LogP contribution in [0.1, 0.15) is 25.3 Å². The number of nitrogens with one attached hydrogen (secondary N) is 1. The molecule has 1 N–H and O–H groups in total. The number of esters is 1.